The van der Waals surface area contributed by atoms with E-state index in [9.17, 15) is 4.79 Å². The van der Waals surface area contributed by atoms with Gasteiger partial charge in [-0.25, -0.2) is 4.98 Å². The summed E-state index contributed by atoms with van der Waals surface area (Å²) >= 11 is 3.12. The number of hydrogen-bond donors (Lipinski definition) is 1. The van der Waals surface area contributed by atoms with Crippen LogP contribution in [0.4, 0.5) is 5.00 Å². The Balaban J connectivity index is 2.27. The molecule has 5 heteroatoms. The average Bonchev–Trinajstić information content (AvgIpc) is 2.80. The first-order valence-electron chi connectivity index (χ1n) is 6.79. The second kappa shape index (κ2) is 6.62. The van der Waals surface area contributed by atoms with E-state index in [0.717, 1.165) is 20.6 Å². The van der Waals surface area contributed by atoms with Gasteiger partial charge in [0.1, 0.15) is 10.7 Å². The van der Waals surface area contributed by atoms with Crippen molar-refractivity contribution in [1.82, 2.24) is 4.98 Å². The number of nitrogens with zero attached hydrogens (tertiary/aromatic N) is 1. The normalized spacial score (nSPS) is 11.4. The lowest BCUT2D eigenvalue weighted by atomic mass is 9.92. The number of amides is 1. The molecule has 0 atom stereocenters. The summed E-state index contributed by atoms with van der Waals surface area (Å²) in [7, 11) is 0. The molecule has 1 aromatic heterocycles. The molecule has 112 valence electrons. The lowest BCUT2D eigenvalue weighted by Gasteiger charge is -2.17. The number of anilines is 1. The monoisotopic (exact) mass is 320 g/mol. The van der Waals surface area contributed by atoms with Gasteiger partial charge in [-0.2, -0.15) is 0 Å². The van der Waals surface area contributed by atoms with Crippen molar-refractivity contribution in [3.8, 4) is 11.3 Å². The zero-order valence-electron chi connectivity index (χ0n) is 12.8. The van der Waals surface area contributed by atoms with Crippen LogP contribution in [-0.4, -0.2) is 17.1 Å². The van der Waals surface area contributed by atoms with Crippen LogP contribution in [0.2, 0.25) is 0 Å². The van der Waals surface area contributed by atoms with Gasteiger partial charge in [-0.1, -0.05) is 74.2 Å². The van der Waals surface area contributed by atoms with E-state index in [1.807, 2.05) is 36.6 Å². The number of benzene rings is 1. The van der Waals surface area contributed by atoms with Gasteiger partial charge in [-0.15, -0.1) is 0 Å². The van der Waals surface area contributed by atoms with Crippen LogP contribution in [0.25, 0.3) is 11.3 Å². The molecule has 0 spiro atoms. The number of thiazole rings is 1. The predicted molar refractivity (Wildman–Crippen MR) is 92.0 cm³/mol. The van der Waals surface area contributed by atoms with Crippen LogP contribution in [0.3, 0.4) is 0 Å². The summed E-state index contributed by atoms with van der Waals surface area (Å²) in [6.07, 6.45) is 2.49. The molecular weight excluding hydrogens is 300 g/mol. The van der Waals surface area contributed by atoms with Crippen molar-refractivity contribution in [3.05, 3.63) is 30.3 Å². The fraction of sp³-hybridized carbons (Fsp3) is 0.375. The fourth-order valence-corrected chi connectivity index (χ4v) is 3.42. The van der Waals surface area contributed by atoms with E-state index in [1.54, 1.807) is 11.8 Å². The Labute approximate surface area is 134 Å². The van der Waals surface area contributed by atoms with Crippen molar-refractivity contribution in [1.29, 1.82) is 0 Å². The lowest BCUT2D eigenvalue weighted by Crippen LogP contribution is -2.19. The van der Waals surface area contributed by atoms with Crippen LogP contribution < -0.4 is 5.32 Å². The first-order valence-corrected chi connectivity index (χ1v) is 8.83. The highest BCUT2D eigenvalue weighted by molar-refractivity contribution is 8.00. The van der Waals surface area contributed by atoms with Crippen LogP contribution in [0, 0.1) is 5.41 Å². The molecule has 0 saturated heterocycles. The Morgan fingerprint density at radius 3 is 2.52 bits per heavy atom. The second-order valence-corrected chi connectivity index (χ2v) is 8.07. The highest BCUT2D eigenvalue weighted by Gasteiger charge is 2.19. The highest BCUT2D eigenvalue weighted by Crippen LogP contribution is 2.37. The van der Waals surface area contributed by atoms with Gasteiger partial charge in [0.05, 0.1) is 0 Å². The molecule has 1 amide bonds. The minimum atomic E-state index is -0.0238. The Bertz CT molecular complexity index is 615. The maximum Gasteiger partial charge on any atom is 0.225 e. The molecule has 0 aliphatic carbocycles. The second-order valence-electron chi connectivity index (χ2n) is 6.01. The van der Waals surface area contributed by atoms with Crippen LogP contribution in [0.1, 0.15) is 27.2 Å². The number of aromatic nitrogens is 1. The first-order chi connectivity index (χ1) is 9.89. The van der Waals surface area contributed by atoms with Crippen molar-refractivity contribution >= 4 is 34.0 Å². The Morgan fingerprint density at radius 2 is 1.95 bits per heavy atom. The van der Waals surface area contributed by atoms with E-state index in [4.69, 9.17) is 0 Å². The molecule has 0 bridgehead atoms. The Morgan fingerprint density at radius 1 is 1.29 bits per heavy atom. The number of thioether (sulfide) groups is 1. The van der Waals surface area contributed by atoms with E-state index in [0.29, 0.717) is 6.42 Å². The van der Waals surface area contributed by atoms with Gasteiger partial charge in [0.25, 0.3) is 0 Å². The van der Waals surface area contributed by atoms with Gasteiger partial charge in [0, 0.05) is 12.0 Å². The van der Waals surface area contributed by atoms with Crippen molar-refractivity contribution < 1.29 is 4.79 Å². The smallest absolute Gasteiger partial charge is 0.225 e. The fourth-order valence-electron chi connectivity index (χ4n) is 1.92. The van der Waals surface area contributed by atoms with Crippen molar-refractivity contribution in [2.45, 2.75) is 31.5 Å². The molecule has 1 heterocycles. The summed E-state index contributed by atoms with van der Waals surface area (Å²) in [5.41, 5.74) is 1.86. The minimum absolute atomic E-state index is 0.0238. The quantitative estimate of drug-likeness (QED) is 0.814. The van der Waals surface area contributed by atoms with E-state index < -0.39 is 0 Å². The summed E-state index contributed by atoms with van der Waals surface area (Å²) in [6, 6.07) is 9.96. The molecule has 0 unspecified atom stereocenters. The Kier molecular flexibility index (Phi) is 5.06. The van der Waals surface area contributed by atoms with E-state index in [2.05, 4.69) is 31.1 Å². The van der Waals surface area contributed by atoms with Crippen LogP contribution >= 0.6 is 23.1 Å². The van der Waals surface area contributed by atoms with Crippen molar-refractivity contribution in [2.75, 3.05) is 11.6 Å². The summed E-state index contributed by atoms with van der Waals surface area (Å²) in [5.74, 6) is 0.0379. The molecule has 0 saturated carbocycles. The summed E-state index contributed by atoms with van der Waals surface area (Å²) in [5, 5.41) is 3.86. The van der Waals surface area contributed by atoms with Crippen LogP contribution in [0.5, 0.6) is 0 Å². The maximum absolute atomic E-state index is 12.2. The van der Waals surface area contributed by atoms with Gasteiger partial charge in [0.15, 0.2) is 4.34 Å². The zero-order valence-corrected chi connectivity index (χ0v) is 14.4. The molecule has 1 N–H and O–H groups in total. The number of carbonyl (C=O) groups is 1. The topological polar surface area (TPSA) is 42.0 Å². The molecule has 1 aromatic carbocycles. The molecule has 2 aromatic rings. The summed E-state index contributed by atoms with van der Waals surface area (Å²) < 4.78 is 0.958. The third-order valence-electron chi connectivity index (χ3n) is 2.77. The van der Waals surface area contributed by atoms with Crippen molar-refractivity contribution in [2.24, 2.45) is 5.41 Å². The molecule has 0 aliphatic rings. The highest BCUT2D eigenvalue weighted by atomic mass is 32.2. The standard InChI is InChI=1S/C16H20N2OS2/c1-16(2,3)10-12(19)17-14-13(18-15(20-4)21-14)11-8-6-5-7-9-11/h5-9H,10H2,1-4H3,(H,17,19). The molecule has 0 fully saturated rings. The Hall–Kier alpha value is -1.33. The van der Waals surface area contributed by atoms with E-state index in [1.165, 1.54) is 11.3 Å². The number of carbonyl (C=O) groups excluding carboxylic acids is 1. The van der Waals surface area contributed by atoms with Crippen LogP contribution in [-0.2, 0) is 4.79 Å². The maximum atomic E-state index is 12.2. The van der Waals surface area contributed by atoms with Gasteiger partial charge in [-0.05, 0) is 11.7 Å². The SMILES string of the molecule is CSc1nc(-c2ccccc2)c(NC(=O)CC(C)(C)C)s1. The molecule has 3 nitrogen and oxygen atoms in total. The average molecular weight is 320 g/mol. The summed E-state index contributed by atoms with van der Waals surface area (Å²) in [6.45, 7) is 6.18. The van der Waals surface area contributed by atoms with E-state index >= 15 is 0 Å². The van der Waals surface area contributed by atoms with E-state index in [-0.39, 0.29) is 11.3 Å². The molecule has 2 rings (SSSR count). The minimum Gasteiger partial charge on any atom is -0.316 e. The summed E-state index contributed by atoms with van der Waals surface area (Å²) in [4.78, 5) is 16.8. The number of rotatable bonds is 4. The van der Waals surface area contributed by atoms with Gasteiger partial charge >= 0.3 is 0 Å². The van der Waals surface area contributed by atoms with Gasteiger partial charge < -0.3 is 5.32 Å². The first kappa shape index (κ1) is 16.0. The number of hydrogen-bond acceptors (Lipinski definition) is 4. The molecule has 0 radical (unpaired) electrons. The van der Waals surface area contributed by atoms with Gasteiger partial charge in [0.2, 0.25) is 5.91 Å². The number of nitrogens with one attached hydrogen (secondary N) is 1. The predicted octanol–water partition coefficient (Wildman–Crippen LogP) is 4.91. The zero-order chi connectivity index (χ0) is 15.5. The molecule has 21 heavy (non-hydrogen) atoms. The third kappa shape index (κ3) is 4.58. The molecule has 0 aliphatic heterocycles. The van der Waals surface area contributed by atoms with Crippen molar-refractivity contribution in [3.63, 3.8) is 0 Å². The van der Waals surface area contributed by atoms with Gasteiger partial charge in [-0.3, -0.25) is 4.79 Å². The largest absolute Gasteiger partial charge is 0.316 e. The third-order valence-corrected chi connectivity index (χ3v) is 4.73. The lowest BCUT2D eigenvalue weighted by molar-refractivity contribution is -0.117. The molecular formula is C16H20N2OS2. The van der Waals surface area contributed by atoms with Crippen LogP contribution in [0.15, 0.2) is 34.7 Å².